The molecule has 6 nitrogen and oxygen atoms in total. The van der Waals surface area contributed by atoms with Crippen molar-refractivity contribution in [2.45, 2.75) is 16.7 Å². The summed E-state index contributed by atoms with van der Waals surface area (Å²) < 4.78 is 49.5. The molecular formula is C20H16ClNO5S2. The Bertz CT molecular complexity index is 1190. The van der Waals surface area contributed by atoms with Crippen LogP contribution in [-0.4, -0.2) is 23.0 Å². The van der Waals surface area contributed by atoms with E-state index in [4.69, 9.17) is 11.6 Å². The molecule has 1 unspecified atom stereocenters. The number of nitrogens with one attached hydrogen (secondary N) is 1. The number of anilines is 1. The number of carbonyl (C=O) groups excluding carboxylic acids is 1. The first-order chi connectivity index (χ1) is 13.7. The lowest BCUT2D eigenvalue weighted by atomic mass is 10.0. The average molecular weight is 450 g/mol. The number of benzene rings is 3. The normalized spacial score (nSPS) is 12.4. The Balaban J connectivity index is 2.27. The molecule has 0 bridgehead atoms. The van der Waals surface area contributed by atoms with E-state index in [-0.39, 0.29) is 31.6 Å². The summed E-state index contributed by atoms with van der Waals surface area (Å²) in [7, 11) is -4.14. The largest absolute Gasteiger partial charge is 0.289 e. The van der Waals surface area contributed by atoms with Gasteiger partial charge in [-0.2, -0.15) is 0 Å². The zero-order chi connectivity index (χ0) is 21.2. The predicted molar refractivity (Wildman–Crippen MR) is 112 cm³/mol. The summed E-state index contributed by atoms with van der Waals surface area (Å²) in [5, 5.41) is 0.00393. The van der Waals surface area contributed by atoms with Gasteiger partial charge in [-0.1, -0.05) is 59.6 Å². The highest BCUT2D eigenvalue weighted by Crippen LogP contribution is 2.35. The van der Waals surface area contributed by atoms with Gasteiger partial charge in [-0.05, 0) is 31.2 Å². The van der Waals surface area contributed by atoms with Crippen LogP contribution in [0.2, 0.25) is 5.02 Å². The van der Waals surface area contributed by atoms with Gasteiger partial charge in [0.1, 0.15) is 0 Å². The summed E-state index contributed by atoms with van der Waals surface area (Å²) >= 11 is 3.50. The molecule has 9 heteroatoms. The van der Waals surface area contributed by atoms with Gasteiger partial charge in [-0.3, -0.25) is 14.1 Å². The van der Waals surface area contributed by atoms with E-state index in [2.05, 4.69) is 4.72 Å². The molecule has 0 aliphatic rings. The molecule has 0 aromatic heterocycles. The molecular weight excluding hydrogens is 434 g/mol. The van der Waals surface area contributed by atoms with E-state index in [1.165, 1.54) is 18.2 Å². The molecule has 0 fully saturated rings. The van der Waals surface area contributed by atoms with E-state index in [9.17, 15) is 22.0 Å². The molecule has 1 atom stereocenters. The van der Waals surface area contributed by atoms with Crippen LogP contribution < -0.4 is 4.72 Å². The summed E-state index contributed by atoms with van der Waals surface area (Å²) in [6.07, 6.45) is 0. The highest BCUT2D eigenvalue weighted by Gasteiger charge is 2.28. The number of hydrogen-bond acceptors (Lipinski definition) is 4. The molecule has 3 aromatic carbocycles. The van der Waals surface area contributed by atoms with E-state index in [1.54, 1.807) is 42.5 Å². The Morgan fingerprint density at radius 2 is 1.66 bits per heavy atom. The van der Waals surface area contributed by atoms with E-state index >= 15 is 0 Å². The molecule has 3 aromatic rings. The van der Waals surface area contributed by atoms with Crippen LogP contribution in [-0.2, 0) is 21.1 Å². The quantitative estimate of drug-likeness (QED) is 0.432. The molecule has 0 spiro atoms. The maximum absolute atomic E-state index is 13.2. The van der Waals surface area contributed by atoms with E-state index in [1.807, 2.05) is 6.92 Å². The number of ketones is 1. The van der Waals surface area contributed by atoms with Gasteiger partial charge in [-0.25, -0.2) is 12.6 Å². The summed E-state index contributed by atoms with van der Waals surface area (Å²) in [5.74, 6) is -0.540. The van der Waals surface area contributed by atoms with Crippen molar-refractivity contribution in [3.8, 4) is 0 Å². The van der Waals surface area contributed by atoms with Gasteiger partial charge in [-0.15, -0.1) is 0 Å². The van der Waals surface area contributed by atoms with Gasteiger partial charge in [0.25, 0.3) is 11.3 Å². The van der Waals surface area contributed by atoms with E-state index in [0.717, 1.165) is 11.6 Å². The van der Waals surface area contributed by atoms with Gasteiger partial charge < -0.3 is 0 Å². The average Bonchev–Trinajstić information content (AvgIpc) is 2.69. The van der Waals surface area contributed by atoms with Crippen LogP contribution in [0.3, 0.4) is 0 Å². The Morgan fingerprint density at radius 3 is 2.24 bits per heavy atom. The minimum Gasteiger partial charge on any atom is -0.289 e. The Morgan fingerprint density at radius 1 is 1.03 bits per heavy atom. The third-order valence-electron chi connectivity index (χ3n) is 4.16. The third kappa shape index (κ3) is 4.56. The van der Waals surface area contributed by atoms with Crippen LogP contribution in [0.5, 0.6) is 0 Å². The van der Waals surface area contributed by atoms with Crippen LogP contribution in [0.25, 0.3) is 0 Å². The summed E-state index contributed by atoms with van der Waals surface area (Å²) in [5.41, 5.74) is 0.728. The highest BCUT2D eigenvalue weighted by molar-refractivity contribution is 7.91. The molecule has 0 radical (unpaired) electrons. The van der Waals surface area contributed by atoms with Crippen molar-refractivity contribution in [2.24, 2.45) is 0 Å². The lowest BCUT2D eigenvalue weighted by Gasteiger charge is -2.16. The lowest BCUT2D eigenvalue weighted by Crippen LogP contribution is -2.15. The van der Waals surface area contributed by atoms with E-state index in [0.29, 0.717) is 0 Å². The number of carbonyl (C=O) groups is 1. The minimum atomic E-state index is -4.14. The van der Waals surface area contributed by atoms with Crippen molar-refractivity contribution in [1.82, 2.24) is 0 Å². The van der Waals surface area contributed by atoms with Crippen LogP contribution in [0.15, 0.2) is 76.5 Å². The number of aryl methyl sites for hydroxylation is 1. The Hall–Kier alpha value is -2.52. The zero-order valence-corrected chi connectivity index (χ0v) is 17.5. The number of rotatable bonds is 6. The summed E-state index contributed by atoms with van der Waals surface area (Å²) in [6, 6.07) is 16.6. The van der Waals surface area contributed by atoms with Crippen LogP contribution >= 0.6 is 11.6 Å². The fourth-order valence-corrected chi connectivity index (χ4v) is 4.96. The van der Waals surface area contributed by atoms with Gasteiger partial charge in [0.15, 0.2) is 5.78 Å². The molecule has 0 aliphatic carbocycles. The van der Waals surface area contributed by atoms with Gasteiger partial charge in [0.05, 0.1) is 15.5 Å². The van der Waals surface area contributed by atoms with Gasteiger partial charge in [0, 0.05) is 16.1 Å². The first-order valence-corrected chi connectivity index (χ1v) is 11.3. The van der Waals surface area contributed by atoms with Crippen molar-refractivity contribution < 1.29 is 22.0 Å². The monoisotopic (exact) mass is 449 g/mol. The fourth-order valence-electron chi connectivity index (χ4n) is 2.75. The fraction of sp³-hybridized carbons (Fsp3) is 0.0500. The van der Waals surface area contributed by atoms with Crippen molar-refractivity contribution in [3.05, 3.63) is 88.4 Å². The molecule has 0 saturated carbocycles. The van der Waals surface area contributed by atoms with Crippen LogP contribution in [0.4, 0.5) is 5.69 Å². The molecule has 150 valence electrons. The first-order valence-electron chi connectivity index (χ1n) is 8.32. The van der Waals surface area contributed by atoms with Crippen molar-refractivity contribution in [3.63, 3.8) is 0 Å². The Kier molecular flexibility index (Phi) is 6.18. The van der Waals surface area contributed by atoms with Crippen molar-refractivity contribution >= 4 is 44.2 Å². The maximum atomic E-state index is 13.2. The van der Waals surface area contributed by atoms with Gasteiger partial charge in [0.2, 0.25) is 9.84 Å². The lowest BCUT2D eigenvalue weighted by molar-refractivity contribution is 0.103. The van der Waals surface area contributed by atoms with Crippen molar-refractivity contribution in [1.29, 1.82) is 0 Å². The standard InChI is InChI=1S/C20H16ClNO5S2/c1-13-7-9-16(10-8-13)29(26,27)18-12-15(21)11-17(19(18)22-28(24)25)20(23)14-5-3-2-4-6-14/h2-12,22H,1H3,(H,24,25). The SMILES string of the molecule is Cc1ccc(S(=O)(=O)c2cc(Cl)cc(C(=O)c3ccccc3)c2NS(=O)O)cc1. The third-order valence-corrected chi connectivity index (χ3v) is 6.55. The molecule has 0 amide bonds. The predicted octanol–water partition coefficient (Wildman–Crippen LogP) is 4.26. The molecule has 0 aliphatic heterocycles. The molecule has 2 N–H and O–H groups in total. The minimum absolute atomic E-state index is 0.00393. The maximum Gasteiger partial charge on any atom is 0.259 e. The summed E-state index contributed by atoms with van der Waals surface area (Å²) in [4.78, 5) is 12.6. The number of halogens is 1. The first kappa shape index (κ1) is 21.2. The van der Waals surface area contributed by atoms with Gasteiger partial charge >= 0.3 is 0 Å². The van der Waals surface area contributed by atoms with Crippen molar-refractivity contribution in [2.75, 3.05) is 4.72 Å². The highest BCUT2D eigenvalue weighted by atomic mass is 35.5. The van der Waals surface area contributed by atoms with E-state index < -0.39 is 26.9 Å². The van der Waals surface area contributed by atoms with Crippen LogP contribution in [0, 0.1) is 6.92 Å². The number of hydrogen-bond donors (Lipinski definition) is 2. The molecule has 29 heavy (non-hydrogen) atoms. The molecule has 0 heterocycles. The number of sulfone groups is 1. The topological polar surface area (TPSA) is 101 Å². The Labute approximate surface area is 175 Å². The second-order valence-electron chi connectivity index (χ2n) is 6.19. The molecule has 3 rings (SSSR count). The van der Waals surface area contributed by atoms with Crippen LogP contribution in [0.1, 0.15) is 21.5 Å². The zero-order valence-electron chi connectivity index (χ0n) is 15.1. The second-order valence-corrected chi connectivity index (χ2v) is 9.25. The smallest absolute Gasteiger partial charge is 0.259 e. The second kappa shape index (κ2) is 8.46. The molecule has 0 saturated heterocycles. The summed E-state index contributed by atoms with van der Waals surface area (Å²) in [6.45, 7) is 1.81.